The molecule has 0 saturated heterocycles. The van der Waals surface area contributed by atoms with Crippen molar-refractivity contribution in [2.45, 2.75) is 12.5 Å². The van der Waals surface area contributed by atoms with Gasteiger partial charge < -0.3 is 15.2 Å². The van der Waals surface area contributed by atoms with E-state index in [0.29, 0.717) is 24.1 Å². The molecule has 0 unspecified atom stereocenters. The van der Waals surface area contributed by atoms with Crippen LogP contribution in [0.25, 0.3) is 10.8 Å². The van der Waals surface area contributed by atoms with Crippen molar-refractivity contribution in [2.24, 2.45) is 0 Å². The van der Waals surface area contributed by atoms with Crippen LogP contribution in [0.3, 0.4) is 0 Å². The standard InChI is InChI=1S/C22H21NO4/c1-27-22(26)17-11-9-16(10-12-17)21(25)23-14-13-20(24)19-8-4-6-15-5-2-3-7-18(15)19/h2-12,20,24H,13-14H2,1H3,(H,23,25)/t20-/m0/s1. The van der Waals surface area contributed by atoms with E-state index in [2.05, 4.69) is 10.1 Å². The van der Waals surface area contributed by atoms with Crippen LogP contribution in [0.15, 0.2) is 66.7 Å². The maximum Gasteiger partial charge on any atom is 0.337 e. The summed E-state index contributed by atoms with van der Waals surface area (Å²) in [6.07, 6.45) is -0.266. The van der Waals surface area contributed by atoms with E-state index < -0.39 is 12.1 Å². The third kappa shape index (κ3) is 4.33. The van der Waals surface area contributed by atoms with Crippen LogP contribution in [0.1, 0.15) is 38.8 Å². The number of carbonyl (C=O) groups excluding carboxylic acids is 2. The summed E-state index contributed by atoms with van der Waals surface area (Å²) >= 11 is 0. The highest BCUT2D eigenvalue weighted by atomic mass is 16.5. The number of benzene rings is 3. The number of hydrogen-bond donors (Lipinski definition) is 2. The zero-order chi connectivity index (χ0) is 19.2. The number of ether oxygens (including phenoxy) is 1. The number of nitrogens with one attached hydrogen (secondary N) is 1. The minimum atomic E-state index is -0.668. The molecule has 0 spiro atoms. The Kier molecular flexibility index (Phi) is 5.84. The first-order valence-electron chi connectivity index (χ1n) is 8.72. The number of hydrogen-bond acceptors (Lipinski definition) is 4. The van der Waals surface area contributed by atoms with Crippen molar-refractivity contribution >= 4 is 22.6 Å². The van der Waals surface area contributed by atoms with Crippen molar-refractivity contribution < 1.29 is 19.4 Å². The van der Waals surface area contributed by atoms with Gasteiger partial charge in [-0.05, 0) is 47.0 Å². The van der Waals surface area contributed by atoms with E-state index in [1.165, 1.54) is 7.11 Å². The van der Waals surface area contributed by atoms with Crippen LogP contribution >= 0.6 is 0 Å². The lowest BCUT2D eigenvalue weighted by atomic mass is 9.99. The summed E-state index contributed by atoms with van der Waals surface area (Å²) < 4.78 is 4.63. The monoisotopic (exact) mass is 363 g/mol. The molecular weight excluding hydrogens is 342 g/mol. The molecule has 5 heteroatoms. The quantitative estimate of drug-likeness (QED) is 0.658. The largest absolute Gasteiger partial charge is 0.465 e. The lowest BCUT2D eigenvalue weighted by Crippen LogP contribution is -2.25. The first-order chi connectivity index (χ1) is 13.1. The number of amides is 1. The third-order valence-electron chi connectivity index (χ3n) is 4.45. The van der Waals surface area contributed by atoms with Crippen molar-refractivity contribution in [1.29, 1.82) is 0 Å². The third-order valence-corrected chi connectivity index (χ3v) is 4.45. The average Bonchev–Trinajstić information content (AvgIpc) is 2.72. The van der Waals surface area contributed by atoms with E-state index in [4.69, 9.17) is 0 Å². The van der Waals surface area contributed by atoms with Crippen molar-refractivity contribution in [2.75, 3.05) is 13.7 Å². The number of rotatable bonds is 6. The van der Waals surface area contributed by atoms with Crippen LogP contribution in [-0.4, -0.2) is 30.6 Å². The first-order valence-corrected chi connectivity index (χ1v) is 8.72. The fraction of sp³-hybridized carbons (Fsp3) is 0.182. The second kappa shape index (κ2) is 8.47. The van der Waals surface area contributed by atoms with Crippen molar-refractivity contribution in [3.8, 4) is 0 Å². The summed E-state index contributed by atoms with van der Waals surface area (Å²) in [4.78, 5) is 23.6. The molecule has 27 heavy (non-hydrogen) atoms. The van der Waals surface area contributed by atoms with Crippen LogP contribution in [0.4, 0.5) is 0 Å². The molecule has 1 amide bonds. The summed E-state index contributed by atoms with van der Waals surface area (Å²) in [5, 5.41) is 15.4. The van der Waals surface area contributed by atoms with E-state index in [1.807, 2.05) is 42.5 Å². The van der Waals surface area contributed by atoms with Gasteiger partial charge in [-0.3, -0.25) is 4.79 Å². The van der Waals surface area contributed by atoms with Gasteiger partial charge in [-0.15, -0.1) is 0 Å². The fourth-order valence-corrected chi connectivity index (χ4v) is 3.00. The number of carbonyl (C=O) groups is 2. The molecule has 2 N–H and O–H groups in total. The zero-order valence-electron chi connectivity index (χ0n) is 15.0. The summed E-state index contributed by atoms with van der Waals surface area (Å²) in [6, 6.07) is 20.0. The lowest BCUT2D eigenvalue weighted by molar-refractivity contribution is 0.0600. The second-order valence-electron chi connectivity index (χ2n) is 6.20. The highest BCUT2D eigenvalue weighted by Crippen LogP contribution is 2.25. The molecule has 0 fully saturated rings. The van der Waals surface area contributed by atoms with Crippen LogP contribution in [-0.2, 0) is 4.74 Å². The number of methoxy groups -OCH3 is 1. The van der Waals surface area contributed by atoms with Crippen molar-refractivity contribution in [1.82, 2.24) is 5.32 Å². The Bertz CT molecular complexity index is 945. The van der Waals surface area contributed by atoms with Gasteiger partial charge in [0.25, 0.3) is 5.91 Å². The molecule has 0 aliphatic carbocycles. The minimum absolute atomic E-state index is 0.253. The van der Waals surface area contributed by atoms with Crippen LogP contribution in [0.2, 0.25) is 0 Å². The molecule has 0 radical (unpaired) electrons. The van der Waals surface area contributed by atoms with E-state index in [1.54, 1.807) is 24.3 Å². The molecule has 1 atom stereocenters. The van der Waals surface area contributed by atoms with Gasteiger partial charge in [0, 0.05) is 12.1 Å². The van der Waals surface area contributed by atoms with E-state index in [9.17, 15) is 14.7 Å². The molecule has 0 aliphatic heterocycles. The summed E-state index contributed by atoms with van der Waals surface area (Å²) in [5.74, 6) is -0.697. The second-order valence-corrected chi connectivity index (χ2v) is 6.20. The average molecular weight is 363 g/mol. The molecule has 138 valence electrons. The normalized spacial score (nSPS) is 11.8. The van der Waals surface area contributed by atoms with Gasteiger partial charge in [-0.25, -0.2) is 4.79 Å². The zero-order valence-corrected chi connectivity index (χ0v) is 15.0. The van der Waals surface area contributed by atoms with Crippen molar-refractivity contribution in [3.05, 3.63) is 83.4 Å². The molecule has 0 aromatic heterocycles. The van der Waals surface area contributed by atoms with Crippen LogP contribution in [0, 0.1) is 0 Å². The summed E-state index contributed by atoms with van der Waals surface area (Å²) in [7, 11) is 1.31. The molecule has 0 bridgehead atoms. The number of aliphatic hydroxyl groups is 1. The number of fused-ring (bicyclic) bond motifs is 1. The Labute approximate surface area is 157 Å². The Hall–Kier alpha value is -3.18. The SMILES string of the molecule is COC(=O)c1ccc(C(=O)NCC[C@H](O)c2cccc3ccccc23)cc1. The first kappa shape index (κ1) is 18.6. The Balaban J connectivity index is 1.59. The maximum atomic E-state index is 12.2. The molecular formula is C22H21NO4. The molecule has 0 heterocycles. The molecule has 3 aromatic carbocycles. The van der Waals surface area contributed by atoms with Crippen molar-refractivity contribution in [3.63, 3.8) is 0 Å². The van der Waals surface area contributed by atoms with Gasteiger partial charge in [0.15, 0.2) is 0 Å². The minimum Gasteiger partial charge on any atom is -0.465 e. The van der Waals surface area contributed by atoms with Gasteiger partial charge in [-0.2, -0.15) is 0 Å². The summed E-state index contributed by atoms with van der Waals surface area (Å²) in [6.45, 7) is 0.335. The predicted molar refractivity (Wildman–Crippen MR) is 104 cm³/mol. The van der Waals surface area contributed by atoms with Gasteiger partial charge in [0.2, 0.25) is 0 Å². The van der Waals surface area contributed by atoms with E-state index >= 15 is 0 Å². The Morgan fingerprint density at radius 2 is 1.63 bits per heavy atom. The lowest BCUT2D eigenvalue weighted by Gasteiger charge is -2.14. The summed E-state index contributed by atoms with van der Waals surface area (Å²) in [5.41, 5.74) is 1.69. The number of aliphatic hydroxyl groups excluding tert-OH is 1. The van der Waals surface area contributed by atoms with Gasteiger partial charge in [0.1, 0.15) is 0 Å². The van der Waals surface area contributed by atoms with Gasteiger partial charge in [-0.1, -0.05) is 42.5 Å². The highest BCUT2D eigenvalue weighted by molar-refractivity contribution is 5.96. The smallest absolute Gasteiger partial charge is 0.337 e. The molecule has 0 aliphatic rings. The topological polar surface area (TPSA) is 75.6 Å². The van der Waals surface area contributed by atoms with E-state index in [-0.39, 0.29) is 5.91 Å². The van der Waals surface area contributed by atoms with Gasteiger partial charge >= 0.3 is 5.97 Å². The van der Waals surface area contributed by atoms with Gasteiger partial charge in [0.05, 0.1) is 18.8 Å². The van der Waals surface area contributed by atoms with Crippen LogP contribution in [0.5, 0.6) is 0 Å². The highest BCUT2D eigenvalue weighted by Gasteiger charge is 2.13. The molecule has 3 rings (SSSR count). The Morgan fingerprint density at radius 1 is 0.963 bits per heavy atom. The molecule has 3 aromatic rings. The molecule has 5 nitrogen and oxygen atoms in total. The van der Waals surface area contributed by atoms with E-state index in [0.717, 1.165) is 16.3 Å². The predicted octanol–water partition coefficient (Wildman–Crippen LogP) is 3.48. The molecule has 0 saturated carbocycles. The number of esters is 1. The Morgan fingerprint density at radius 3 is 2.37 bits per heavy atom. The van der Waals surface area contributed by atoms with Crippen LogP contribution < -0.4 is 5.32 Å². The fourth-order valence-electron chi connectivity index (χ4n) is 3.00. The maximum absolute atomic E-state index is 12.2.